The molecule has 22 heavy (non-hydrogen) atoms. The third-order valence-electron chi connectivity index (χ3n) is 3.62. The Kier molecular flexibility index (Phi) is 5.10. The van der Waals surface area contributed by atoms with Crippen molar-refractivity contribution in [2.75, 3.05) is 0 Å². The molecular weight excluding hydrogens is 295 g/mol. The number of benzene rings is 2. The number of rotatable bonds is 5. The van der Waals surface area contributed by atoms with Crippen LogP contribution in [-0.4, -0.2) is 4.89 Å². The molecule has 1 N–H and O–H groups in total. The summed E-state index contributed by atoms with van der Waals surface area (Å²) < 4.78 is 18.4. The van der Waals surface area contributed by atoms with Gasteiger partial charge in [0.05, 0.1) is 5.30 Å². The predicted molar refractivity (Wildman–Crippen MR) is 91.1 cm³/mol. The van der Waals surface area contributed by atoms with E-state index in [1.807, 2.05) is 24.3 Å². The molecule has 0 aliphatic heterocycles. The molecule has 0 aliphatic rings. The highest BCUT2D eigenvalue weighted by Crippen LogP contribution is 2.46. The van der Waals surface area contributed by atoms with Crippen molar-refractivity contribution < 1.29 is 14.0 Å². The highest BCUT2D eigenvalue weighted by atomic mass is 31.2. The summed E-state index contributed by atoms with van der Waals surface area (Å²) in [5.74, 6) is 0.969. The zero-order valence-corrected chi connectivity index (χ0v) is 14.4. The van der Waals surface area contributed by atoms with Crippen LogP contribution in [0, 0.1) is 0 Å². The number of hydrogen-bond donors (Lipinski definition) is 1. The van der Waals surface area contributed by atoms with Gasteiger partial charge in [-0.3, -0.25) is 0 Å². The fraction of sp³-hybridized carbons (Fsp3) is 0.333. The molecule has 0 radical (unpaired) electrons. The van der Waals surface area contributed by atoms with E-state index in [2.05, 4.69) is 27.7 Å². The molecule has 0 aliphatic carbocycles. The van der Waals surface area contributed by atoms with Crippen LogP contribution >= 0.6 is 7.60 Å². The molecule has 1 unspecified atom stereocenters. The normalized spacial score (nSPS) is 14.1. The van der Waals surface area contributed by atoms with Crippen molar-refractivity contribution in [3.05, 3.63) is 59.7 Å². The van der Waals surface area contributed by atoms with Gasteiger partial charge in [-0.1, -0.05) is 64.1 Å². The minimum atomic E-state index is -3.90. The Morgan fingerprint density at radius 3 is 1.82 bits per heavy atom. The lowest BCUT2D eigenvalue weighted by Crippen LogP contribution is -2.11. The molecule has 0 amide bonds. The van der Waals surface area contributed by atoms with Crippen LogP contribution in [0.25, 0.3) is 0 Å². The molecule has 0 saturated heterocycles. The lowest BCUT2D eigenvalue weighted by Gasteiger charge is -2.22. The third kappa shape index (κ3) is 3.60. The van der Waals surface area contributed by atoms with Gasteiger partial charge in [-0.05, 0) is 35.1 Å². The maximum Gasteiger partial charge on any atom is 0.408 e. The molecule has 0 saturated carbocycles. The van der Waals surface area contributed by atoms with Gasteiger partial charge in [-0.15, -0.1) is 0 Å². The summed E-state index contributed by atoms with van der Waals surface area (Å²) in [5.41, 5.74) is 1.91. The Labute approximate surface area is 132 Å². The Balaban J connectivity index is 2.50. The zero-order valence-electron chi connectivity index (χ0n) is 13.5. The SMILES string of the molecule is CC(C)c1cccc(C(C)C)c1OP(=O)(O)c1ccccc1. The first-order chi connectivity index (χ1) is 10.3. The summed E-state index contributed by atoms with van der Waals surface area (Å²) in [6, 6.07) is 14.4. The largest absolute Gasteiger partial charge is 0.421 e. The quantitative estimate of drug-likeness (QED) is 0.804. The van der Waals surface area contributed by atoms with Crippen LogP contribution in [0.15, 0.2) is 48.5 Å². The van der Waals surface area contributed by atoms with Crippen molar-refractivity contribution in [2.45, 2.75) is 39.5 Å². The second-order valence-electron chi connectivity index (χ2n) is 6.02. The van der Waals surface area contributed by atoms with Gasteiger partial charge >= 0.3 is 7.60 Å². The van der Waals surface area contributed by atoms with Crippen LogP contribution in [0.1, 0.15) is 50.7 Å². The highest BCUT2D eigenvalue weighted by molar-refractivity contribution is 7.61. The molecule has 0 heterocycles. The van der Waals surface area contributed by atoms with E-state index in [-0.39, 0.29) is 11.8 Å². The minimum Gasteiger partial charge on any atom is -0.421 e. The van der Waals surface area contributed by atoms with Crippen molar-refractivity contribution in [1.29, 1.82) is 0 Å². The average molecular weight is 318 g/mol. The zero-order chi connectivity index (χ0) is 16.3. The minimum absolute atomic E-state index is 0.212. The maximum absolute atomic E-state index is 12.7. The van der Waals surface area contributed by atoms with E-state index in [0.717, 1.165) is 11.1 Å². The molecule has 1 atom stereocenters. The Morgan fingerprint density at radius 2 is 1.36 bits per heavy atom. The second-order valence-corrected chi connectivity index (χ2v) is 7.76. The fourth-order valence-electron chi connectivity index (χ4n) is 2.38. The molecule has 2 rings (SSSR count). The van der Waals surface area contributed by atoms with Crippen LogP contribution in [0.5, 0.6) is 5.75 Å². The monoisotopic (exact) mass is 318 g/mol. The van der Waals surface area contributed by atoms with Crippen molar-refractivity contribution in [3.8, 4) is 5.75 Å². The molecule has 0 aromatic heterocycles. The highest BCUT2D eigenvalue weighted by Gasteiger charge is 2.27. The molecule has 0 bridgehead atoms. The number of hydrogen-bond acceptors (Lipinski definition) is 2. The first-order valence-electron chi connectivity index (χ1n) is 7.53. The molecular formula is C18H23O3P. The van der Waals surface area contributed by atoms with E-state index >= 15 is 0 Å². The molecule has 2 aromatic rings. The topological polar surface area (TPSA) is 46.5 Å². The van der Waals surface area contributed by atoms with Crippen molar-refractivity contribution in [2.24, 2.45) is 0 Å². The van der Waals surface area contributed by atoms with Gasteiger partial charge in [0.15, 0.2) is 0 Å². The van der Waals surface area contributed by atoms with Crippen LogP contribution in [0.4, 0.5) is 0 Å². The Hall–Kier alpha value is -1.57. The summed E-state index contributed by atoms with van der Waals surface area (Å²) >= 11 is 0. The summed E-state index contributed by atoms with van der Waals surface area (Å²) in [7, 11) is -3.90. The molecule has 2 aromatic carbocycles. The van der Waals surface area contributed by atoms with Crippen molar-refractivity contribution in [1.82, 2.24) is 0 Å². The molecule has 4 heteroatoms. The van der Waals surface area contributed by atoms with Gasteiger partial charge in [0.1, 0.15) is 5.75 Å². The molecule has 0 fully saturated rings. The standard InChI is InChI=1S/C18H23O3P/c1-13(2)16-11-8-12-17(14(3)4)18(16)21-22(19,20)15-9-6-5-7-10-15/h5-14H,1-4H3,(H,19,20). The van der Waals surface area contributed by atoms with E-state index in [4.69, 9.17) is 4.52 Å². The van der Waals surface area contributed by atoms with Crippen molar-refractivity contribution in [3.63, 3.8) is 0 Å². The van der Waals surface area contributed by atoms with E-state index < -0.39 is 7.60 Å². The van der Waals surface area contributed by atoms with E-state index in [9.17, 15) is 9.46 Å². The first kappa shape index (κ1) is 16.8. The van der Waals surface area contributed by atoms with Gasteiger partial charge in [0.2, 0.25) is 0 Å². The van der Waals surface area contributed by atoms with Crippen LogP contribution in [-0.2, 0) is 4.57 Å². The van der Waals surface area contributed by atoms with Gasteiger partial charge in [0.25, 0.3) is 0 Å². The average Bonchev–Trinajstić information content (AvgIpc) is 2.47. The summed E-state index contributed by atoms with van der Waals surface area (Å²) in [5, 5.41) is 0.309. The Morgan fingerprint density at radius 1 is 0.864 bits per heavy atom. The van der Waals surface area contributed by atoms with E-state index in [1.165, 1.54) is 0 Å². The second kappa shape index (κ2) is 6.68. The Bertz CT molecular complexity index is 652. The fourth-order valence-corrected chi connectivity index (χ4v) is 3.49. The molecule has 118 valence electrons. The van der Waals surface area contributed by atoms with Gasteiger partial charge in [-0.2, -0.15) is 0 Å². The van der Waals surface area contributed by atoms with Gasteiger partial charge < -0.3 is 9.42 Å². The van der Waals surface area contributed by atoms with Crippen LogP contribution in [0.3, 0.4) is 0 Å². The molecule has 0 spiro atoms. The van der Waals surface area contributed by atoms with Gasteiger partial charge in [-0.25, -0.2) is 4.57 Å². The number of para-hydroxylation sites is 1. The lowest BCUT2D eigenvalue weighted by molar-refractivity contribution is 0.388. The summed E-state index contributed by atoms with van der Waals surface area (Å²) in [4.78, 5) is 10.4. The smallest absolute Gasteiger partial charge is 0.408 e. The van der Waals surface area contributed by atoms with Crippen molar-refractivity contribution >= 4 is 12.9 Å². The molecule has 3 nitrogen and oxygen atoms in total. The van der Waals surface area contributed by atoms with Crippen LogP contribution < -0.4 is 9.83 Å². The maximum atomic E-state index is 12.7. The van der Waals surface area contributed by atoms with Crippen LogP contribution in [0.2, 0.25) is 0 Å². The summed E-state index contributed by atoms with van der Waals surface area (Å²) in [6.45, 7) is 8.21. The third-order valence-corrected chi connectivity index (χ3v) is 5.00. The summed E-state index contributed by atoms with van der Waals surface area (Å²) in [6.07, 6.45) is 0. The van der Waals surface area contributed by atoms with E-state index in [1.54, 1.807) is 24.3 Å². The first-order valence-corrected chi connectivity index (χ1v) is 9.11. The predicted octanol–water partition coefficient (Wildman–Crippen LogP) is 4.82. The van der Waals surface area contributed by atoms with Gasteiger partial charge in [0, 0.05) is 0 Å². The lowest BCUT2D eigenvalue weighted by atomic mass is 9.94. The van der Waals surface area contributed by atoms with E-state index in [0.29, 0.717) is 11.1 Å².